The lowest BCUT2D eigenvalue weighted by Crippen LogP contribution is -2.43. The van der Waals surface area contributed by atoms with Crippen molar-refractivity contribution in [3.63, 3.8) is 0 Å². The molecule has 1 aromatic carbocycles. The number of urea groups is 1. The van der Waals surface area contributed by atoms with E-state index in [4.69, 9.17) is 16.9 Å². The lowest BCUT2D eigenvalue weighted by molar-refractivity contribution is 0.0902. The van der Waals surface area contributed by atoms with Crippen molar-refractivity contribution in [2.75, 3.05) is 18.0 Å². The van der Waals surface area contributed by atoms with Crippen LogP contribution in [0.5, 0.6) is 0 Å². The van der Waals surface area contributed by atoms with E-state index in [0.717, 1.165) is 0 Å². The van der Waals surface area contributed by atoms with Crippen molar-refractivity contribution in [3.05, 3.63) is 52.8 Å². The highest BCUT2D eigenvalue weighted by Crippen LogP contribution is 2.26. The molecule has 0 aliphatic carbocycles. The fraction of sp³-hybridized carbons (Fsp3) is 0.316. The van der Waals surface area contributed by atoms with Crippen molar-refractivity contribution in [1.29, 1.82) is 5.26 Å². The molecule has 1 saturated heterocycles. The van der Waals surface area contributed by atoms with Gasteiger partial charge >= 0.3 is 6.03 Å². The Bertz CT molecular complexity index is 931. The number of hydrogen-bond acceptors (Lipinski definition) is 5. The van der Waals surface area contributed by atoms with E-state index in [2.05, 4.69) is 9.97 Å². The molecule has 0 saturated carbocycles. The normalized spacial score (nSPS) is 17.5. The summed E-state index contributed by atoms with van der Waals surface area (Å²) in [6.45, 7) is 1.41. The van der Waals surface area contributed by atoms with Gasteiger partial charge in [-0.3, -0.25) is 9.69 Å². The monoisotopic (exact) mass is 401 g/mol. The molecule has 1 aliphatic rings. The van der Waals surface area contributed by atoms with Gasteiger partial charge in [-0.25, -0.2) is 19.2 Å². The van der Waals surface area contributed by atoms with E-state index < -0.39 is 18.2 Å². The standard InChI is InChI=1S/C19H17ClFN5O2/c1-2-15(21)16-10-26(18-23-8-12(7-22)9-24-18)19(28)25(16)11-17(27)13-4-3-5-14(20)6-13/h3-6,8-9,15-16H,2,10-11H2,1H3/t15-,16+/m0/s1. The minimum Gasteiger partial charge on any atom is -0.309 e. The molecule has 144 valence electrons. The second-order valence-electron chi connectivity index (χ2n) is 6.33. The number of amides is 2. The van der Waals surface area contributed by atoms with Crippen LogP contribution in [0.4, 0.5) is 15.1 Å². The van der Waals surface area contributed by atoms with Gasteiger partial charge in [-0.05, 0) is 18.6 Å². The highest BCUT2D eigenvalue weighted by molar-refractivity contribution is 6.31. The number of nitriles is 1. The van der Waals surface area contributed by atoms with Crippen LogP contribution >= 0.6 is 11.6 Å². The number of anilines is 1. The van der Waals surface area contributed by atoms with E-state index in [-0.39, 0.29) is 36.8 Å². The second kappa shape index (κ2) is 8.31. The van der Waals surface area contributed by atoms with Gasteiger partial charge in [-0.1, -0.05) is 30.7 Å². The molecule has 3 rings (SSSR count). The zero-order valence-corrected chi connectivity index (χ0v) is 15.8. The van der Waals surface area contributed by atoms with Crippen molar-refractivity contribution >= 4 is 29.4 Å². The third kappa shape index (κ3) is 3.94. The first-order valence-corrected chi connectivity index (χ1v) is 9.05. The van der Waals surface area contributed by atoms with Crippen LogP contribution in [-0.2, 0) is 0 Å². The molecular formula is C19H17ClFN5O2. The Hall–Kier alpha value is -3.05. The van der Waals surface area contributed by atoms with Gasteiger partial charge < -0.3 is 4.90 Å². The maximum absolute atomic E-state index is 14.5. The Morgan fingerprint density at radius 1 is 1.43 bits per heavy atom. The second-order valence-corrected chi connectivity index (χ2v) is 6.77. The third-order valence-corrected chi connectivity index (χ3v) is 4.76. The number of ketones is 1. The Balaban J connectivity index is 1.85. The maximum atomic E-state index is 14.5. The number of Topliss-reactive ketones (excluding diaryl/α,β-unsaturated/α-hetero) is 1. The number of nitrogens with zero attached hydrogens (tertiary/aromatic N) is 5. The minimum atomic E-state index is -1.31. The van der Waals surface area contributed by atoms with Crippen LogP contribution < -0.4 is 4.90 Å². The van der Waals surface area contributed by atoms with Crippen LogP contribution in [0.2, 0.25) is 5.02 Å². The van der Waals surface area contributed by atoms with E-state index in [1.54, 1.807) is 25.1 Å². The lowest BCUT2D eigenvalue weighted by atomic mass is 10.1. The van der Waals surface area contributed by atoms with E-state index in [0.29, 0.717) is 10.6 Å². The molecule has 1 aliphatic heterocycles. The predicted molar refractivity (Wildman–Crippen MR) is 101 cm³/mol. The van der Waals surface area contributed by atoms with Gasteiger partial charge in [0.25, 0.3) is 0 Å². The number of rotatable bonds is 6. The minimum absolute atomic E-state index is 0.0164. The smallest absolute Gasteiger partial charge is 0.309 e. The average Bonchev–Trinajstić information content (AvgIpc) is 3.03. The van der Waals surface area contributed by atoms with E-state index >= 15 is 0 Å². The van der Waals surface area contributed by atoms with Gasteiger partial charge in [0.15, 0.2) is 5.78 Å². The van der Waals surface area contributed by atoms with Crippen molar-refractivity contribution in [2.45, 2.75) is 25.6 Å². The van der Waals surface area contributed by atoms with Crippen LogP contribution in [0.15, 0.2) is 36.7 Å². The number of carbonyl (C=O) groups excluding carboxylic acids is 2. The first-order valence-electron chi connectivity index (χ1n) is 8.67. The molecule has 28 heavy (non-hydrogen) atoms. The number of carbonyl (C=O) groups is 2. The molecular weight excluding hydrogens is 385 g/mol. The van der Waals surface area contributed by atoms with Gasteiger partial charge in [0, 0.05) is 10.6 Å². The Labute approximate surface area is 166 Å². The molecule has 1 aromatic heterocycles. The van der Waals surface area contributed by atoms with Crippen LogP contribution in [0.3, 0.4) is 0 Å². The number of alkyl halides is 1. The lowest BCUT2D eigenvalue weighted by Gasteiger charge is -2.24. The fourth-order valence-corrected chi connectivity index (χ4v) is 3.21. The van der Waals surface area contributed by atoms with Crippen LogP contribution in [0.25, 0.3) is 0 Å². The summed E-state index contributed by atoms with van der Waals surface area (Å²) < 4.78 is 14.5. The molecule has 0 unspecified atom stereocenters. The zero-order valence-electron chi connectivity index (χ0n) is 15.0. The van der Waals surface area contributed by atoms with E-state index in [9.17, 15) is 14.0 Å². The predicted octanol–water partition coefficient (Wildman–Crippen LogP) is 3.24. The third-order valence-electron chi connectivity index (χ3n) is 4.52. The molecule has 1 fully saturated rings. The summed E-state index contributed by atoms with van der Waals surface area (Å²) in [6, 6.07) is 6.92. The molecule has 0 bridgehead atoms. The van der Waals surface area contributed by atoms with Gasteiger partial charge in [-0.15, -0.1) is 0 Å². The summed E-state index contributed by atoms with van der Waals surface area (Å²) in [5.74, 6) is -0.276. The highest BCUT2D eigenvalue weighted by atomic mass is 35.5. The zero-order chi connectivity index (χ0) is 20.3. The van der Waals surface area contributed by atoms with E-state index in [1.807, 2.05) is 6.07 Å². The number of aromatic nitrogens is 2. The maximum Gasteiger partial charge on any atom is 0.327 e. The SMILES string of the molecule is CC[C@H](F)[C@H]1CN(c2ncc(C#N)cn2)C(=O)N1CC(=O)c1cccc(Cl)c1. The summed E-state index contributed by atoms with van der Waals surface area (Å²) in [5, 5.41) is 9.25. The van der Waals surface area contributed by atoms with Gasteiger partial charge in [0.1, 0.15) is 12.2 Å². The fourth-order valence-electron chi connectivity index (χ4n) is 3.02. The highest BCUT2D eigenvalue weighted by Gasteiger charge is 2.43. The number of hydrogen-bond donors (Lipinski definition) is 0. The van der Waals surface area contributed by atoms with Crippen molar-refractivity contribution < 1.29 is 14.0 Å². The Kier molecular flexibility index (Phi) is 5.85. The summed E-state index contributed by atoms with van der Waals surface area (Å²) in [7, 11) is 0. The largest absolute Gasteiger partial charge is 0.327 e. The van der Waals surface area contributed by atoms with Crippen LogP contribution in [0, 0.1) is 11.3 Å². The molecule has 0 spiro atoms. The summed E-state index contributed by atoms with van der Waals surface area (Å²) in [4.78, 5) is 35.9. The molecule has 2 heterocycles. The molecule has 0 N–H and O–H groups in total. The summed E-state index contributed by atoms with van der Waals surface area (Å²) >= 11 is 5.92. The van der Waals surface area contributed by atoms with Gasteiger partial charge in [-0.2, -0.15) is 5.26 Å². The van der Waals surface area contributed by atoms with Crippen molar-refractivity contribution in [2.24, 2.45) is 0 Å². The Morgan fingerprint density at radius 2 is 2.14 bits per heavy atom. The molecule has 7 nitrogen and oxygen atoms in total. The first-order chi connectivity index (χ1) is 13.4. The summed E-state index contributed by atoms with van der Waals surface area (Å²) in [5.41, 5.74) is 0.593. The van der Waals surface area contributed by atoms with Crippen LogP contribution in [0.1, 0.15) is 29.3 Å². The number of halogens is 2. The van der Waals surface area contributed by atoms with E-state index in [1.165, 1.54) is 28.3 Å². The molecule has 2 atom stereocenters. The molecule has 9 heteroatoms. The van der Waals surface area contributed by atoms with Crippen molar-refractivity contribution in [3.8, 4) is 6.07 Å². The molecule has 0 radical (unpaired) electrons. The van der Waals surface area contributed by atoms with Crippen molar-refractivity contribution in [1.82, 2.24) is 14.9 Å². The topological polar surface area (TPSA) is 90.2 Å². The Morgan fingerprint density at radius 3 is 2.75 bits per heavy atom. The average molecular weight is 402 g/mol. The van der Waals surface area contributed by atoms with Gasteiger partial charge in [0.2, 0.25) is 5.95 Å². The first kappa shape index (κ1) is 19.7. The summed E-state index contributed by atoms with van der Waals surface area (Å²) in [6.07, 6.45) is 1.47. The molecule has 2 amide bonds. The van der Waals surface area contributed by atoms with Crippen LogP contribution in [-0.4, -0.2) is 52.0 Å². The quantitative estimate of drug-likeness (QED) is 0.693. The number of benzene rings is 1. The van der Waals surface area contributed by atoms with Gasteiger partial charge in [0.05, 0.1) is 37.1 Å². The molecule has 2 aromatic rings.